The van der Waals surface area contributed by atoms with Crippen LogP contribution in [0.2, 0.25) is 0 Å². The van der Waals surface area contributed by atoms with E-state index in [4.69, 9.17) is 5.73 Å². The highest BCUT2D eigenvalue weighted by molar-refractivity contribution is 6.17. The highest BCUT2D eigenvalue weighted by Gasteiger charge is 2.20. The van der Waals surface area contributed by atoms with E-state index in [1.54, 1.807) is 12.1 Å². The van der Waals surface area contributed by atoms with Crippen LogP contribution in [0.4, 0.5) is 13.2 Å². The summed E-state index contributed by atoms with van der Waals surface area (Å²) in [4.78, 5) is 11.8. The van der Waals surface area contributed by atoms with Gasteiger partial charge in [-0.25, -0.2) is 13.2 Å². The zero-order chi connectivity index (χ0) is 18.4. The lowest BCUT2D eigenvalue weighted by Crippen LogP contribution is -2.11. The van der Waals surface area contributed by atoms with Gasteiger partial charge in [0.1, 0.15) is 17.5 Å². The molecule has 4 rings (SSSR count). The molecule has 0 spiro atoms. The number of nitrogens with zero attached hydrogens (tertiary/aromatic N) is 1. The molecule has 0 fully saturated rings. The largest absolute Gasteiger partial charge is 0.366 e. The summed E-state index contributed by atoms with van der Waals surface area (Å²) in [5, 5.41) is 0.748. The zero-order valence-electron chi connectivity index (χ0n) is 13.4. The summed E-state index contributed by atoms with van der Waals surface area (Å²) < 4.78 is 44.3. The Hall–Kier alpha value is -3.28. The van der Waals surface area contributed by atoms with E-state index in [1.807, 2.05) is 0 Å². The van der Waals surface area contributed by atoms with Crippen LogP contribution in [0, 0.1) is 23.5 Å². The Labute approximate surface area is 146 Å². The second-order valence-corrected chi connectivity index (χ2v) is 5.90. The maximum Gasteiger partial charge on any atom is 0.249 e. The smallest absolute Gasteiger partial charge is 0.249 e. The first-order valence-electron chi connectivity index (χ1n) is 7.83. The van der Waals surface area contributed by atoms with Crippen molar-refractivity contribution in [1.82, 2.24) is 4.57 Å². The Bertz CT molecular complexity index is 1160. The number of nitrogens with two attached hydrogens (primary N) is 1. The van der Waals surface area contributed by atoms with Crippen LogP contribution in [-0.4, -0.2) is 10.5 Å². The summed E-state index contributed by atoms with van der Waals surface area (Å²) >= 11 is 0. The minimum Gasteiger partial charge on any atom is -0.366 e. The number of benzene rings is 3. The maximum absolute atomic E-state index is 14.6. The number of carbonyl (C=O) groups is 1. The number of carbonyl (C=O) groups excluding carboxylic acids is 1. The molecule has 3 nitrogen and oxygen atoms in total. The van der Waals surface area contributed by atoms with Gasteiger partial charge in [0.25, 0.3) is 0 Å². The van der Waals surface area contributed by atoms with Gasteiger partial charge in [-0.2, -0.15) is 0 Å². The van der Waals surface area contributed by atoms with Crippen molar-refractivity contribution in [2.75, 3.05) is 0 Å². The standard InChI is InChI=1S/C20H12F3N2O/c21-14-6-3-7-15(22)13(14)10-25-17-9-2-5-12(20(24)26)18(17)11-4-1-8-16(23)19(11)25/h1-3,5-9H,10H2,(H2,24,26). The zero-order valence-corrected chi connectivity index (χ0v) is 13.4. The third-order valence-corrected chi connectivity index (χ3v) is 4.42. The molecule has 0 saturated carbocycles. The van der Waals surface area contributed by atoms with E-state index in [-0.39, 0.29) is 23.2 Å². The highest BCUT2D eigenvalue weighted by atomic mass is 19.1. The number of fused-ring (bicyclic) bond motifs is 3. The van der Waals surface area contributed by atoms with Crippen LogP contribution in [-0.2, 0) is 6.54 Å². The fourth-order valence-electron chi connectivity index (χ4n) is 3.28. The van der Waals surface area contributed by atoms with Crippen molar-refractivity contribution in [3.63, 3.8) is 0 Å². The van der Waals surface area contributed by atoms with Gasteiger partial charge in [0, 0.05) is 21.9 Å². The van der Waals surface area contributed by atoms with Gasteiger partial charge in [0.2, 0.25) is 5.91 Å². The van der Waals surface area contributed by atoms with Gasteiger partial charge in [0.15, 0.2) is 0 Å². The lowest BCUT2D eigenvalue weighted by molar-refractivity contribution is 0.100. The van der Waals surface area contributed by atoms with E-state index < -0.39 is 23.4 Å². The van der Waals surface area contributed by atoms with E-state index >= 15 is 0 Å². The summed E-state index contributed by atoms with van der Waals surface area (Å²) in [5.74, 6) is -2.72. The Morgan fingerprint density at radius 1 is 1.00 bits per heavy atom. The second kappa shape index (κ2) is 5.91. The van der Waals surface area contributed by atoms with Crippen molar-refractivity contribution in [3.8, 4) is 0 Å². The Morgan fingerprint density at radius 2 is 1.69 bits per heavy atom. The fourth-order valence-corrected chi connectivity index (χ4v) is 3.28. The molecule has 0 aliphatic rings. The van der Waals surface area contributed by atoms with Gasteiger partial charge >= 0.3 is 0 Å². The average molecular weight is 353 g/mol. The van der Waals surface area contributed by atoms with Gasteiger partial charge in [-0.1, -0.05) is 18.2 Å². The molecule has 0 saturated heterocycles. The molecule has 2 N–H and O–H groups in total. The van der Waals surface area contributed by atoms with Crippen LogP contribution < -0.4 is 5.73 Å². The molecule has 0 aliphatic heterocycles. The predicted octanol–water partition coefficient (Wildman–Crippen LogP) is 4.16. The van der Waals surface area contributed by atoms with Crippen LogP contribution in [0.15, 0.2) is 48.5 Å². The summed E-state index contributed by atoms with van der Waals surface area (Å²) in [7, 11) is 0. The molecule has 0 atom stereocenters. The molecule has 4 aromatic rings. The van der Waals surface area contributed by atoms with Crippen molar-refractivity contribution in [2.24, 2.45) is 5.73 Å². The number of hydrogen-bond donors (Lipinski definition) is 1. The SMILES string of the molecule is NC(=O)c1cccc2c1c1[c]ccc(F)c1n2Cc1c(F)cccc1F. The third kappa shape index (κ3) is 2.34. The lowest BCUT2D eigenvalue weighted by atomic mass is 10.1. The predicted molar refractivity (Wildman–Crippen MR) is 92.2 cm³/mol. The lowest BCUT2D eigenvalue weighted by Gasteiger charge is -2.10. The van der Waals surface area contributed by atoms with Gasteiger partial charge in [-0.3, -0.25) is 4.79 Å². The number of hydrogen-bond acceptors (Lipinski definition) is 1. The van der Waals surface area contributed by atoms with E-state index in [0.717, 1.165) is 12.1 Å². The Balaban J connectivity index is 2.11. The summed E-state index contributed by atoms with van der Waals surface area (Å²) in [5.41, 5.74) is 6.00. The van der Waals surface area contributed by atoms with E-state index in [1.165, 1.54) is 28.8 Å². The topological polar surface area (TPSA) is 48.0 Å². The number of rotatable bonds is 3. The molecule has 0 unspecified atom stereocenters. The molecule has 1 aromatic heterocycles. The summed E-state index contributed by atoms with van der Waals surface area (Å²) in [6, 6.07) is 13.8. The maximum atomic E-state index is 14.6. The molecule has 1 heterocycles. The summed E-state index contributed by atoms with van der Waals surface area (Å²) in [6.45, 7) is -0.241. The first-order valence-corrected chi connectivity index (χ1v) is 7.83. The molecule has 6 heteroatoms. The monoisotopic (exact) mass is 353 g/mol. The van der Waals surface area contributed by atoms with Crippen LogP contribution in [0.5, 0.6) is 0 Å². The molecular formula is C20H12F3N2O. The van der Waals surface area contributed by atoms with Gasteiger partial charge in [0.05, 0.1) is 17.6 Å². The number of primary amides is 1. The Morgan fingerprint density at radius 3 is 2.38 bits per heavy atom. The minimum absolute atomic E-state index is 0.110. The number of aromatic nitrogens is 1. The number of halogens is 3. The molecule has 129 valence electrons. The van der Waals surface area contributed by atoms with Crippen molar-refractivity contribution >= 4 is 27.7 Å². The summed E-state index contributed by atoms with van der Waals surface area (Å²) in [6.07, 6.45) is 0. The second-order valence-electron chi connectivity index (χ2n) is 5.90. The molecule has 0 aliphatic carbocycles. The molecule has 1 amide bonds. The normalized spacial score (nSPS) is 11.3. The number of amides is 1. The minimum atomic E-state index is -0.730. The van der Waals surface area contributed by atoms with Gasteiger partial charge in [-0.15, -0.1) is 0 Å². The van der Waals surface area contributed by atoms with Crippen LogP contribution in [0.3, 0.4) is 0 Å². The molecule has 26 heavy (non-hydrogen) atoms. The fraction of sp³-hybridized carbons (Fsp3) is 0.0500. The van der Waals surface area contributed by atoms with Crippen molar-refractivity contribution in [1.29, 1.82) is 0 Å². The first-order chi connectivity index (χ1) is 12.5. The average Bonchev–Trinajstić information content (AvgIpc) is 2.93. The highest BCUT2D eigenvalue weighted by Crippen LogP contribution is 2.33. The molecular weight excluding hydrogens is 341 g/mol. The molecule has 1 radical (unpaired) electrons. The quantitative estimate of drug-likeness (QED) is 0.591. The third-order valence-electron chi connectivity index (χ3n) is 4.42. The molecule has 3 aromatic carbocycles. The first kappa shape index (κ1) is 16.2. The van der Waals surface area contributed by atoms with Crippen molar-refractivity contribution in [2.45, 2.75) is 6.54 Å². The van der Waals surface area contributed by atoms with Gasteiger partial charge < -0.3 is 10.3 Å². The van der Waals surface area contributed by atoms with Crippen LogP contribution in [0.25, 0.3) is 21.8 Å². The van der Waals surface area contributed by atoms with Gasteiger partial charge in [-0.05, 0) is 36.4 Å². The van der Waals surface area contributed by atoms with E-state index in [0.29, 0.717) is 16.3 Å². The van der Waals surface area contributed by atoms with Crippen molar-refractivity contribution in [3.05, 3.63) is 83.2 Å². The van der Waals surface area contributed by atoms with E-state index in [9.17, 15) is 18.0 Å². The Kier molecular flexibility index (Phi) is 3.68. The van der Waals surface area contributed by atoms with Crippen LogP contribution in [0.1, 0.15) is 15.9 Å². The van der Waals surface area contributed by atoms with E-state index in [2.05, 4.69) is 6.07 Å². The molecule has 0 bridgehead atoms. The van der Waals surface area contributed by atoms with Crippen molar-refractivity contribution < 1.29 is 18.0 Å². The van der Waals surface area contributed by atoms with Crippen LogP contribution >= 0.6 is 0 Å².